The second kappa shape index (κ2) is 6.83. The van der Waals surface area contributed by atoms with E-state index in [1.807, 2.05) is 17.0 Å². The fourth-order valence-corrected chi connectivity index (χ4v) is 4.34. The summed E-state index contributed by atoms with van der Waals surface area (Å²) < 4.78 is 2.23. The number of nitrogens with zero attached hydrogens (tertiary/aromatic N) is 2. The van der Waals surface area contributed by atoms with Crippen LogP contribution in [0.3, 0.4) is 0 Å². The number of fused-ring (bicyclic) bond motifs is 3. The number of nitrogens with one attached hydrogen (secondary N) is 1. The first-order valence-electron chi connectivity index (χ1n) is 9.08. The lowest BCUT2D eigenvalue weighted by Crippen LogP contribution is -2.48. The van der Waals surface area contributed by atoms with Crippen molar-refractivity contribution in [2.75, 3.05) is 6.54 Å². The zero-order valence-corrected chi connectivity index (χ0v) is 15.2. The Balaban J connectivity index is 1.41. The highest BCUT2D eigenvalue weighted by atomic mass is 35.5. The number of amides is 2. The van der Waals surface area contributed by atoms with Crippen LogP contribution in [0.4, 0.5) is 4.79 Å². The smallest absolute Gasteiger partial charge is 0.318 e. The molecule has 7 heteroatoms. The van der Waals surface area contributed by atoms with Gasteiger partial charge in [-0.3, -0.25) is 4.79 Å². The lowest BCUT2D eigenvalue weighted by Gasteiger charge is -2.32. The molecule has 2 aliphatic rings. The predicted molar refractivity (Wildman–Crippen MR) is 99.3 cm³/mol. The van der Waals surface area contributed by atoms with Crippen LogP contribution in [-0.4, -0.2) is 39.2 Å². The number of aliphatic carboxylic acids is 1. The van der Waals surface area contributed by atoms with Crippen molar-refractivity contribution in [2.45, 2.75) is 44.8 Å². The molecule has 0 spiro atoms. The molecule has 2 aromatic rings. The van der Waals surface area contributed by atoms with E-state index in [2.05, 4.69) is 22.0 Å². The van der Waals surface area contributed by atoms with Gasteiger partial charge in [-0.05, 0) is 43.9 Å². The van der Waals surface area contributed by atoms with E-state index in [-0.39, 0.29) is 18.0 Å². The van der Waals surface area contributed by atoms with Gasteiger partial charge in [-0.2, -0.15) is 0 Å². The SMILES string of the molecule is O=C(O)C1CCC(NC(=O)N2CCn3c(cc4c(Cl)cccc43)C2)CC1. The van der Waals surface area contributed by atoms with Crippen LogP contribution in [0.2, 0.25) is 5.02 Å². The Bertz CT molecular complexity index is 855. The molecule has 0 radical (unpaired) electrons. The Morgan fingerprint density at radius 2 is 1.92 bits per heavy atom. The van der Waals surface area contributed by atoms with E-state index in [4.69, 9.17) is 16.7 Å². The van der Waals surface area contributed by atoms with Crippen LogP contribution in [0.1, 0.15) is 31.4 Å². The Morgan fingerprint density at radius 1 is 1.15 bits per heavy atom. The lowest BCUT2D eigenvalue weighted by atomic mass is 9.86. The molecule has 138 valence electrons. The van der Waals surface area contributed by atoms with Gasteiger partial charge in [0, 0.05) is 40.8 Å². The third-order valence-electron chi connectivity index (χ3n) is 5.62. The second-order valence-electron chi connectivity index (χ2n) is 7.22. The van der Waals surface area contributed by atoms with Gasteiger partial charge < -0.3 is 19.9 Å². The fourth-order valence-electron chi connectivity index (χ4n) is 4.12. The number of carboxylic acid groups (broad SMARTS) is 1. The number of benzene rings is 1. The summed E-state index contributed by atoms with van der Waals surface area (Å²) in [4.78, 5) is 25.5. The van der Waals surface area contributed by atoms with Crippen LogP contribution in [-0.2, 0) is 17.9 Å². The minimum Gasteiger partial charge on any atom is -0.481 e. The molecule has 2 heterocycles. The zero-order valence-electron chi connectivity index (χ0n) is 14.4. The standard InChI is InChI=1S/C19H22ClN3O3/c20-16-2-1-3-17-15(16)10-14-11-22(8-9-23(14)17)19(26)21-13-6-4-12(5-7-13)18(24)25/h1-3,10,12-13H,4-9,11H2,(H,21,26)(H,24,25). The molecule has 1 aliphatic heterocycles. The van der Waals surface area contributed by atoms with Crippen LogP contribution >= 0.6 is 11.6 Å². The van der Waals surface area contributed by atoms with Gasteiger partial charge >= 0.3 is 12.0 Å². The molecule has 1 aliphatic carbocycles. The van der Waals surface area contributed by atoms with E-state index in [0.29, 0.717) is 25.9 Å². The van der Waals surface area contributed by atoms with Crippen LogP contribution in [0.15, 0.2) is 24.3 Å². The van der Waals surface area contributed by atoms with Crippen molar-refractivity contribution in [1.82, 2.24) is 14.8 Å². The van der Waals surface area contributed by atoms with Crippen LogP contribution in [0, 0.1) is 5.92 Å². The highest BCUT2D eigenvalue weighted by molar-refractivity contribution is 6.35. The van der Waals surface area contributed by atoms with E-state index >= 15 is 0 Å². The number of rotatable bonds is 2. The Kier molecular flexibility index (Phi) is 4.53. The van der Waals surface area contributed by atoms with Crippen molar-refractivity contribution >= 4 is 34.5 Å². The molecule has 0 atom stereocenters. The molecule has 1 aromatic carbocycles. The molecular weight excluding hydrogens is 354 g/mol. The number of aromatic nitrogens is 1. The van der Waals surface area contributed by atoms with Gasteiger partial charge in [-0.15, -0.1) is 0 Å². The summed E-state index contributed by atoms with van der Waals surface area (Å²) in [7, 11) is 0. The Labute approximate surface area is 156 Å². The topological polar surface area (TPSA) is 74.6 Å². The third-order valence-corrected chi connectivity index (χ3v) is 5.95. The van der Waals surface area contributed by atoms with E-state index in [1.54, 1.807) is 0 Å². The number of urea groups is 1. The van der Waals surface area contributed by atoms with Crippen molar-refractivity contribution in [3.05, 3.63) is 35.0 Å². The van der Waals surface area contributed by atoms with E-state index in [0.717, 1.165) is 41.0 Å². The fraction of sp³-hybridized carbons (Fsp3) is 0.474. The van der Waals surface area contributed by atoms with Gasteiger partial charge in [0.2, 0.25) is 0 Å². The molecule has 2 N–H and O–H groups in total. The molecule has 0 unspecified atom stereocenters. The molecule has 6 nitrogen and oxygen atoms in total. The molecule has 0 bridgehead atoms. The molecule has 1 aromatic heterocycles. The number of hydrogen-bond donors (Lipinski definition) is 2. The minimum absolute atomic E-state index is 0.0635. The first kappa shape index (κ1) is 17.2. The number of carboxylic acids is 1. The Morgan fingerprint density at radius 3 is 2.65 bits per heavy atom. The maximum atomic E-state index is 12.6. The average molecular weight is 376 g/mol. The Hall–Kier alpha value is -2.21. The van der Waals surface area contributed by atoms with Gasteiger partial charge in [0.1, 0.15) is 0 Å². The number of carbonyl (C=O) groups excluding carboxylic acids is 1. The van der Waals surface area contributed by atoms with Crippen molar-refractivity contribution in [3.63, 3.8) is 0 Å². The summed E-state index contributed by atoms with van der Waals surface area (Å²) in [5.74, 6) is -0.990. The lowest BCUT2D eigenvalue weighted by molar-refractivity contribution is -0.142. The first-order chi connectivity index (χ1) is 12.5. The summed E-state index contributed by atoms with van der Waals surface area (Å²) in [6.07, 6.45) is 2.72. The highest BCUT2D eigenvalue weighted by Crippen LogP contribution is 2.30. The van der Waals surface area contributed by atoms with Crippen LogP contribution in [0.5, 0.6) is 0 Å². The van der Waals surface area contributed by atoms with Gasteiger partial charge in [-0.1, -0.05) is 17.7 Å². The van der Waals surface area contributed by atoms with Crippen molar-refractivity contribution < 1.29 is 14.7 Å². The van der Waals surface area contributed by atoms with Crippen molar-refractivity contribution in [3.8, 4) is 0 Å². The van der Waals surface area contributed by atoms with Gasteiger partial charge in [0.05, 0.1) is 12.5 Å². The number of hydrogen-bond acceptors (Lipinski definition) is 2. The molecule has 1 saturated carbocycles. The molecule has 4 rings (SSSR count). The molecule has 2 amide bonds. The summed E-state index contributed by atoms with van der Waals surface area (Å²) in [6.45, 7) is 1.96. The van der Waals surface area contributed by atoms with Gasteiger partial charge in [0.15, 0.2) is 0 Å². The average Bonchev–Trinajstić information content (AvgIpc) is 3.01. The van der Waals surface area contributed by atoms with Crippen molar-refractivity contribution in [2.24, 2.45) is 5.92 Å². The van der Waals surface area contributed by atoms with Gasteiger partial charge in [0.25, 0.3) is 0 Å². The number of halogens is 1. The highest BCUT2D eigenvalue weighted by Gasteiger charge is 2.29. The van der Waals surface area contributed by atoms with Crippen LogP contribution < -0.4 is 5.32 Å². The zero-order chi connectivity index (χ0) is 18.3. The predicted octanol–water partition coefficient (Wildman–Crippen LogP) is 3.46. The largest absolute Gasteiger partial charge is 0.481 e. The summed E-state index contributed by atoms with van der Waals surface area (Å²) in [5.41, 5.74) is 2.20. The quantitative estimate of drug-likeness (QED) is 0.844. The maximum absolute atomic E-state index is 12.6. The normalized spacial score (nSPS) is 22.9. The molecular formula is C19H22ClN3O3. The summed E-state index contributed by atoms with van der Waals surface area (Å²) in [5, 5.41) is 13.9. The van der Waals surface area contributed by atoms with E-state index in [9.17, 15) is 9.59 Å². The molecule has 26 heavy (non-hydrogen) atoms. The monoisotopic (exact) mass is 375 g/mol. The third kappa shape index (κ3) is 3.14. The molecule has 0 saturated heterocycles. The van der Waals surface area contributed by atoms with Crippen molar-refractivity contribution in [1.29, 1.82) is 0 Å². The van der Waals surface area contributed by atoms with E-state index < -0.39 is 5.97 Å². The molecule has 1 fully saturated rings. The van der Waals surface area contributed by atoms with Gasteiger partial charge in [-0.25, -0.2) is 4.79 Å². The van der Waals surface area contributed by atoms with E-state index in [1.165, 1.54) is 0 Å². The van der Waals surface area contributed by atoms with Crippen LogP contribution in [0.25, 0.3) is 10.9 Å². The summed E-state index contributed by atoms with van der Waals surface area (Å²) >= 11 is 6.29. The second-order valence-corrected chi connectivity index (χ2v) is 7.62. The summed E-state index contributed by atoms with van der Waals surface area (Å²) in [6, 6.07) is 7.96. The number of carbonyl (C=O) groups is 2. The first-order valence-corrected chi connectivity index (χ1v) is 9.45. The minimum atomic E-state index is -0.725. The maximum Gasteiger partial charge on any atom is 0.318 e.